The summed E-state index contributed by atoms with van der Waals surface area (Å²) in [5, 5.41) is 0. The first-order valence-electron chi connectivity index (χ1n) is 7.16. The first-order valence-corrected chi connectivity index (χ1v) is 7.16. The van der Waals surface area contributed by atoms with Crippen LogP contribution in [0.5, 0.6) is 0 Å². The highest BCUT2D eigenvalue weighted by Gasteiger charge is 2.53. The molecule has 1 aromatic carbocycles. The normalized spacial score (nSPS) is 30.2. The van der Waals surface area contributed by atoms with Gasteiger partial charge in [-0.1, -0.05) is 42.5 Å². The molecule has 4 rings (SSSR count). The molecule has 1 aromatic heterocycles. The summed E-state index contributed by atoms with van der Waals surface area (Å²) in [4.78, 5) is 16.3. The van der Waals surface area contributed by atoms with Crippen molar-refractivity contribution in [2.24, 2.45) is 5.92 Å². The van der Waals surface area contributed by atoms with E-state index >= 15 is 0 Å². The van der Waals surface area contributed by atoms with Crippen LogP contribution in [0.4, 0.5) is 0 Å². The summed E-state index contributed by atoms with van der Waals surface area (Å²) in [6, 6.07) is 16.2. The molecule has 104 valence electrons. The van der Waals surface area contributed by atoms with Gasteiger partial charge in [-0.25, -0.2) is 0 Å². The number of benzene rings is 1. The van der Waals surface area contributed by atoms with Gasteiger partial charge in [-0.2, -0.15) is 0 Å². The lowest BCUT2D eigenvalue weighted by atomic mass is 9.69. The minimum absolute atomic E-state index is 0.0855. The molecule has 1 fully saturated rings. The number of fused-ring (bicyclic) bond motifs is 1. The second-order valence-corrected chi connectivity index (χ2v) is 5.57. The maximum Gasteiger partial charge on any atom is 0.306 e. The Morgan fingerprint density at radius 1 is 1.10 bits per heavy atom. The van der Waals surface area contributed by atoms with E-state index in [0.29, 0.717) is 6.42 Å². The molecule has 2 aliphatic rings. The molecule has 21 heavy (non-hydrogen) atoms. The first-order chi connectivity index (χ1) is 10.3. The summed E-state index contributed by atoms with van der Waals surface area (Å²) >= 11 is 0. The standard InChI is InChI=1S/C18H15NO2/c20-17-12-14-15(21-17)9-10-18(14,13-6-2-1-3-7-13)16-8-4-5-11-19-16/h1-11,14-15H,12H2/t14-,15-,18+/m0/s1. The average molecular weight is 277 g/mol. The van der Waals surface area contributed by atoms with Gasteiger partial charge in [0.1, 0.15) is 6.10 Å². The Bertz CT molecular complexity index is 654. The molecule has 0 amide bonds. The summed E-state index contributed by atoms with van der Waals surface area (Å²) in [5.41, 5.74) is 1.75. The molecule has 2 aromatic rings. The maximum atomic E-state index is 11.7. The second kappa shape index (κ2) is 4.55. The van der Waals surface area contributed by atoms with E-state index in [1.54, 1.807) is 6.20 Å². The summed E-state index contributed by atoms with van der Waals surface area (Å²) in [6.45, 7) is 0. The van der Waals surface area contributed by atoms with Crippen molar-refractivity contribution in [2.45, 2.75) is 17.9 Å². The summed E-state index contributed by atoms with van der Waals surface area (Å²) in [7, 11) is 0. The molecule has 3 heteroatoms. The third-order valence-electron chi connectivity index (χ3n) is 4.52. The Labute approximate surface area is 123 Å². The maximum absolute atomic E-state index is 11.7. The van der Waals surface area contributed by atoms with Crippen LogP contribution in [0.1, 0.15) is 17.7 Å². The Morgan fingerprint density at radius 3 is 2.67 bits per heavy atom. The number of pyridine rings is 1. The first kappa shape index (κ1) is 12.3. The Hall–Kier alpha value is -2.42. The lowest BCUT2D eigenvalue weighted by Crippen LogP contribution is -2.35. The van der Waals surface area contributed by atoms with Crippen LogP contribution in [0.15, 0.2) is 66.9 Å². The Morgan fingerprint density at radius 2 is 1.90 bits per heavy atom. The minimum Gasteiger partial charge on any atom is -0.458 e. The predicted octanol–water partition coefficient (Wildman–Crippen LogP) is 2.87. The summed E-state index contributed by atoms with van der Waals surface area (Å²) in [5.74, 6) is -0.0344. The lowest BCUT2D eigenvalue weighted by molar-refractivity contribution is -0.140. The number of esters is 1. The Balaban J connectivity index is 1.93. The lowest BCUT2D eigenvalue weighted by Gasteiger charge is -2.33. The second-order valence-electron chi connectivity index (χ2n) is 5.57. The van der Waals surface area contributed by atoms with Gasteiger partial charge in [0.2, 0.25) is 0 Å². The highest BCUT2D eigenvalue weighted by molar-refractivity contribution is 5.74. The van der Waals surface area contributed by atoms with Crippen LogP contribution in [0, 0.1) is 5.92 Å². The highest BCUT2D eigenvalue weighted by atomic mass is 16.5. The van der Waals surface area contributed by atoms with Gasteiger partial charge in [0, 0.05) is 12.1 Å². The summed E-state index contributed by atoms with van der Waals surface area (Å²) < 4.78 is 5.43. The molecule has 1 aliphatic carbocycles. The van der Waals surface area contributed by atoms with Crippen molar-refractivity contribution in [3.05, 3.63) is 78.1 Å². The van der Waals surface area contributed by atoms with Crippen LogP contribution < -0.4 is 0 Å². The van der Waals surface area contributed by atoms with Gasteiger partial charge >= 0.3 is 5.97 Å². The molecule has 0 bridgehead atoms. The number of carbonyl (C=O) groups excluding carboxylic acids is 1. The van der Waals surface area contributed by atoms with Crippen molar-refractivity contribution in [1.82, 2.24) is 4.98 Å². The van der Waals surface area contributed by atoms with E-state index in [4.69, 9.17) is 4.74 Å². The molecule has 0 radical (unpaired) electrons. The van der Waals surface area contributed by atoms with Crippen LogP contribution in [-0.2, 0) is 14.9 Å². The number of carbonyl (C=O) groups is 1. The zero-order chi connectivity index (χ0) is 14.3. The SMILES string of the molecule is O=C1C[C@H]2[C@H](C=C[C@]2(c2ccccc2)c2ccccn2)O1. The predicted molar refractivity (Wildman–Crippen MR) is 78.6 cm³/mol. The van der Waals surface area contributed by atoms with Gasteiger partial charge in [-0.3, -0.25) is 9.78 Å². The smallest absolute Gasteiger partial charge is 0.306 e. The zero-order valence-electron chi connectivity index (χ0n) is 11.5. The molecule has 0 saturated carbocycles. The zero-order valence-corrected chi connectivity index (χ0v) is 11.5. The topological polar surface area (TPSA) is 39.2 Å². The van der Waals surface area contributed by atoms with Crippen LogP contribution >= 0.6 is 0 Å². The van der Waals surface area contributed by atoms with Gasteiger partial charge in [0.15, 0.2) is 0 Å². The van der Waals surface area contributed by atoms with Gasteiger partial charge < -0.3 is 4.74 Å². The fraction of sp³-hybridized carbons (Fsp3) is 0.222. The molecule has 0 spiro atoms. The molecule has 1 saturated heterocycles. The average Bonchev–Trinajstić information content (AvgIpc) is 3.07. The molecule has 2 heterocycles. The van der Waals surface area contributed by atoms with Crippen molar-refractivity contribution in [3.63, 3.8) is 0 Å². The van der Waals surface area contributed by atoms with E-state index in [9.17, 15) is 4.79 Å². The number of rotatable bonds is 2. The number of aromatic nitrogens is 1. The molecule has 1 aliphatic heterocycles. The minimum atomic E-state index is -0.376. The highest BCUT2D eigenvalue weighted by Crippen LogP contribution is 2.50. The van der Waals surface area contributed by atoms with E-state index in [0.717, 1.165) is 11.3 Å². The van der Waals surface area contributed by atoms with Crippen molar-refractivity contribution in [1.29, 1.82) is 0 Å². The van der Waals surface area contributed by atoms with Crippen LogP contribution in [-0.4, -0.2) is 17.1 Å². The molecular weight excluding hydrogens is 262 g/mol. The Kier molecular flexibility index (Phi) is 2.67. The summed E-state index contributed by atoms with van der Waals surface area (Å²) in [6.07, 6.45) is 6.27. The van der Waals surface area contributed by atoms with Crippen molar-refractivity contribution < 1.29 is 9.53 Å². The van der Waals surface area contributed by atoms with Crippen LogP contribution in [0.2, 0.25) is 0 Å². The van der Waals surface area contributed by atoms with Gasteiger partial charge in [0.25, 0.3) is 0 Å². The fourth-order valence-corrected chi connectivity index (χ4v) is 3.60. The van der Waals surface area contributed by atoms with Gasteiger partial charge in [-0.15, -0.1) is 0 Å². The number of hydrogen-bond acceptors (Lipinski definition) is 3. The van der Waals surface area contributed by atoms with E-state index in [-0.39, 0.29) is 23.4 Å². The molecule has 0 unspecified atom stereocenters. The number of hydrogen-bond donors (Lipinski definition) is 0. The largest absolute Gasteiger partial charge is 0.458 e. The number of allylic oxidation sites excluding steroid dienone is 1. The van der Waals surface area contributed by atoms with Crippen LogP contribution in [0.3, 0.4) is 0 Å². The number of ether oxygens (including phenoxy) is 1. The number of nitrogens with zero attached hydrogens (tertiary/aromatic N) is 1. The molecular formula is C18H15NO2. The monoisotopic (exact) mass is 277 g/mol. The molecule has 3 atom stereocenters. The van der Waals surface area contributed by atoms with E-state index < -0.39 is 0 Å². The van der Waals surface area contributed by atoms with Crippen molar-refractivity contribution >= 4 is 5.97 Å². The third kappa shape index (κ3) is 1.74. The fourth-order valence-electron chi connectivity index (χ4n) is 3.60. The third-order valence-corrected chi connectivity index (χ3v) is 4.52. The van der Waals surface area contributed by atoms with Crippen LogP contribution in [0.25, 0.3) is 0 Å². The molecule has 0 N–H and O–H groups in total. The van der Waals surface area contributed by atoms with Crippen molar-refractivity contribution in [3.8, 4) is 0 Å². The van der Waals surface area contributed by atoms with Crippen molar-refractivity contribution in [2.75, 3.05) is 0 Å². The van der Waals surface area contributed by atoms with Gasteiger partial charge in [0.05, 0.1) is 17.5 Å². The molecule has 3 nitrogen and oxygen atoms in total. The van der Waals surface area contributed by atoms with Gasteiger partial charge in [-0.05, 0) is 23.8 Å². The van der Waals surface area contributed by atoms with E-state index in [2.05, 4.69) is 23.2 Å². The quantitative estimate of drug-likeness (QED) is 0.626. The van der Waals surface area contributed by atoms with E-state index in [1.165, 1.54) is 0 Å². The van der Waals surface area contributed by atoms with E-state index in [1.807, 2.05) is 42.5 Å².